The van der Waals surface area contributed by atoms with Gasteiger partial charge in [0.25, 0.3) is 0 Å². The van der Waals surface area contributed by atoms with Crippen molar-refractivity contribution in [1.82, 2.24) is 0 Å². The van der Waals surface area contributed by atoms with E-state index in [1.54, 1.807) is 0 Å². The quantitative estimate of drug-likeness (QED) is 0.586. The van der Waals surface area contributed by atoms with Gasteiger partial charge in [-0.15, -0.1) is 0 Å². The van der Waals surface area contributed by atoms with Gasteiger partial charge in [0.15, 0.2) is 0 Å². The van der Waals surface area contributed by atoms with E-state index in [0.717, 1.165) is 5.57 Å². The van der Waals surface area contributed by atoms with Crippen molar-refractivity contribution in [2.24, 2.45) is 5.92 Å². The van der Waals surface area contributed by atoms with Gasteiger partial charge in [-0.05, 0) is 17.9 Å². The largest absolute Gasteiger partial charge is 0.466 e. The van der Waals surface area contributed by atoms with Crippen molar-refractivity contribution in [3.05, 3.63) is 59.7 Å². The van der Waals surface area contributed by atoms with Crippen LogP contribution in [0.5, 0.6) is 0 Å². The summed E-state index contributed by atoms with van der Waals surface area (Å²) in [6.07, 6.45) is 6.92. The maximum Gasteiger partial charge on any atom is 0.333 e. The van der Waals surface area contributed by atoms with Crippen LogP contribution < -0.4 is 0 Å². The number of hydrogen-bond donors (Lipinski definition) is 0. The molecule has 0 bridgehead atoms. The lowest BCUT2D eigenvalue weighted by atomic mass is 9.87. The number of allylic oxidation sites excluding steroid dienone is 3. The van der Waals surface area contributed by atoms with Gasteiger partial charge in [0, 0.05) is 11.5 Å². The second kappa shape index (κ2) is 5.67. The molecule has 1 aromatic rings. The Morgan fingerprint density at radius 1 is 1.28 bits per heavy atom. The van der Waals surface area contributed by atoms with Gasteiger partial charge in [-0.25, -0.2) is 4.79 Å². The minimum Gasteiger partial charge on any atom is -0.466 e. The molecule has 0 radical (unpaired) electrons. The molecule has 18 heavy (non-hydrogen) atoms. The summed E-state index contributed by atoms with van der Waals surface area (Å²) < 4.78 is 4.82. The topological polar surface area (TPSA) is 26.3 Å². The summed E-state index contributed by atoms with van der Waals surface area (Å²) >= 11 is 0. The van der Waals surface area contributed by atoms with Crippen LogP contribution in [-0.2, 0) is 9.53 Å². The number of rotatable bonds is 2. The molecule has 0 saturated heterocycles. The fourth-order valence-electron chi connectivity index (χ4n) is 2.32. The third-order valence-electron chi connectivity index (χ3n) is 3.36. The number of carbonyl (C=O) groups is 1. The Morgan fingerprint density at radius 3 is 2.67 bits per heavy atom. The minimum absolute atomic E-state index is 0.227. The first-order chi connectivity index (χ1) is 8.72. The molecule has 2 rings (SSSR count). The van der Waals surface area contributed by atoms with E-state index in [9.17, 15) is 4.79 Å². The van der Waals surface area contributed by atoms with Crippen molar-refractivity contribution in [3.63, 3.8) is 0 Å². The van der Waals surface area contributed by atoms with Gasteiger partial charge in [-0.2, -0.15) is 0 Å². The van der Waals surface area contributed by atoms with Gasteiger partial charge < -0.3 is 4.74 Å². The van der Waals surface area contributed by atoms with Crippen LogP contribution in [0, 0.1) is 5.92 Å². The standard InChI is InChI=1S/C16H18O2/c1-12-7-6-10-14(16(17)18-2)11-15(12)13-8-4-3-5-9-13/h3-9,11-12,15H,10H2,1-2H3/t12-,15+/m1/s1. The molecule has 0 N–H and O–H groups in total. The fraction of sp³-hybridized carbons (Fsp3) is 0.312. The summed E-state index contributed by atoms with van der Waals surface area (Å²) in [6.45, 7) is 2.17. The molecular formula is C16H18O2. The van der Waals surface area contributed by atoms with Crippen molar-refractivity contribution in [2.45, 2.75) is 19.3 Å². The van der Waals surface area contributed by atoms with Gasteiger partial charge in [0.1, 0.15) is 0 Å². The zero-order valence-electron chi connectivity index (χ0n) is 10.8. The van der Waals surface area contributed by atoms with Gasteiger partial charge in [0.05, 0.1) is 7.11 Å². The van der Waals surface area contributed by atoms with Crippen LogP contribution in [0.2, 0.25) is 0 Å². The molecular weight excluding hydrogens is 224 g/mol. The normalized spacial score (nSPS) is 23.1. The highest BCUT2D eigenvalue weighted by atomic mass is 16.5. The monoisotopic (exact) mass is 242 g/mol. The maximum absolute atomic E-state index is 11.7. The van der Waals surface area contributed by atoms with E-state index in [4.69, 9.17) is 4.74 Å². The number of esters is 1. The molecule has 2 atom stereocenters. The van der Waals surface area contributed by atoms with E-state index in [2.05, 4.69) is 31.2 Å². The molecule has 0 aliphatic heterocycles. The SMILES string of the molecule is COC(=O)C1=C[C@H](c2ccccc2)[C@H](C)C=CC1. The second-order valence-electron chi connectivity index (χ2n) is 4.61. The van der Waals surface area contributed by atoms with E-state index in [-0.39, 0.29) is 11.9 Å². The predicted octanol–water partition coefficient (Wildman–Crippen LogP) is 3.47. The van der Waals surface area contributed by atoms with E-state index in [1.807, 2.05) is 24.3 Å². The van der Waals surface area contributed by atoms with Crippen molar-refractivity contribution >= 4 is 5.97 Å². The van der Waals surface area contributed by atoms with E-state index in [1.165, 1.54) is 12.7 Å². The Kier molecular flexibility index (Phi) is 3.98. The average molecular weight is 242 g/mol. The van der Waals surface area contributed by atoms with Crippen LogP contribution in [0.3, 0.4) is 0 Å². The Bertz CT molecular complexity index is 471. The van der Waals surface area contributed by atoms with Gasteiger partial charge in [0.2, 0.25) is 0 Å². The fourth-order valence-corrected chi connectivity index (χ4v) is 2.32. The van der Waals surface area contributed by atoms with E-state index in [0.29, 0.717) is 12.3 Å². The molecule has 2 heteroatoms. The molecule has 1 aliphatic carbocycles. The number of benzene rings is 1. The molecule has 0 saturated carbocycles. The Morgan fingerprint density at radius 2 is 2.00 bits per heavy atom. The Labute approximate surface area is 108 Å². The zero-order valence-corrected chi connectivity index (χ0v) is 10.8. The van der Waals surface area contributed by atoms with Crippen LogP contribution >= 0.6 is 0 Å². The number of hydrogen-bond acceptors (Lipinski definition) is 2. The first-order valence-corrected chi connectivity index (χ1v) is 6.23. The van der Waals surface area contributed by atoms with Crippen molar-refractivity contribution < 1.29 is 9.53 Å². The smallest absolute Gasteiger partial charge is 0.333 e. The number of methoxy groups -OCH3 is 1. The zero-order chi connectivity index (χ0) is 13.0. The highest BCUT2D eigenvalue weighted by molar-refractivity contribution is 5.89. The molecule has 0 amide bonds. The van der Waals surface area contributed by atoms with E-state index < -0.39 is 0 Å². The molecule has 1 aliphatic rings. The lowest BCUT2D eigenvalue weighted by Crippen LogP contribution is -2.08. The maximum atomic E-state index is 11.7. The molecule has 0 fully saturated rings. The number of carbonyl (C=O) groups excluding carboxylic acids is 1. The van der Waals surface area contributed by atoms with Gasteiger partial charge in [-0.3, -0.25) is 0 Å². The predicted molar refractivity (Wildman–Crippen MR) is 72.2 cm³/mol. The van der Waals surface area contributed by atoms with E-state index >= 15 is 0 Å². The Hall–Kier alpha value is -1.83. The average Bonchev–Trinajstić information content (AvgIpc) is 2.61. The van der Waals surface area contributed by atoms with Crippen molar-refractivity contribution in [2.75, 3.05) is 7.11 Å². The van der Waals surface area contributed by atoms with Crippen LogP contribution in [0.25, 0.3) is 0 Å². The van der Waals surface area contributed by atoms with Crippen molar-refractivity contribution in [1.29, 1.82) is 0 Å². The third-order valence-corrected chi connectivity index (χ3v) is 3.36. The molecule has 0 spiro atoms. The summed E-state index contributed by atoms with van der Waals surface area (Å²) in [4.78, 5) is 11.7. The second-order valence-corrected chi connectivity index (χ2v) is 4.61. The van der Waals surface area contributed by atoms with Crippen LogP contribution in [0.15, 0.2) is 54.1 Å². The molecule has 0 aromatic heterocycles. The first kappa shape index (κ1) is 12.6. The summed E-state index contributed by atoms with van der Waals surface area (Å²) in [7, 11) is 1.43. The summed E-state index contributed by atoms with van der Waals surface area (Å²) in [5.41, 5.74) is 1.98. The van der Waals surface area contributed by atoms with Crippen LogP contribution in [-0.4, -0.2) is 13.1 Å². The van der Waals surface area contributed by atoms with Gasteiger partial charge in [-0.1, -0.05) is 55.5 Å². The molecule has 0 unspecified atom stereocenters. The molecule has 94 valence electrons. The summed E-state index contributed by atoms with van der Waals surface area (Å²) in [5.74, 6) is 0.392. The van der Waals surface area contributed by atoms with Crippen LogP contribution in [0.1, 0.15) is 24.8 Å². The third kappa shape index (κ3) is 2.70. The number of ether oxygens (including phenoxy) is 1. The summed E-state index contributed by atoms with van der Waals surface area (Å²) in [5, 5.41) is 0. The van der Waals surface area contributed by atoms with Crippen molar-refractivity contribution in [3.8, 4) is 0 Å². The highest BCUT2D eigenvalue weighted by Gasteiger charge is 2.20. The lowest BCUT2D eigenvalue weighted by molar-refractivity contribution is -0.136. The Balaban J connectivity index is 2.36. The molecule has 1 aromatic carbocycles. The molecule has 2 nitrogen and oxygen atoms in total. The minimum atomic E-state index is -0.227. The first-order valence-electron chi connectivity index (χ1n) is 6.23. The lowest BCUT2D eigenvalue weighted by Gasteiger charge is -2.18. The highest BCUT2D eigenvalue weighted by Crippen LogP contribution is 2.31. The van der Waals surface area contributed by atoms with Crippen LogP contribution in [0.4, 0.5) is 0 Å². The van der Waals surface area contributed by atoms with Gasteiger partial charge >= 0.3 is 5.97 Å². The summed E-state index contributed by atoms with van der Waals surface area (Å²) in [6, 6.07) is 10.3. The molecule has 0 heterocycles.